The molecule has 2 N–H and O–H groups in total. The molecule has 0 aliphatic rings. The molecule has 5 heteroatoms. The van der Waals surface area contributed by atoms with E-state index in [0.29, 0.717) is 11.4 Å². The number of nitrogens with zero attached hydrogens (tertiary/aromatic N) is 2. The van der Waals surface area contributed by atoms with E-state index >= 15 is 0 Å². The normalized spacial score (nSPS) is 11.9. The van der Waals surface area contributed by atoms with Crippen molar-refractivity contribution in [3.63, 3.8) is 0 Å². The number of anilines is 1. The summed E-state index contributed by atoms with van der Waals surface area (Å²) in [5.41, 5.74) is 0.458. The van der Waals surface area contributed by atoms with E-state index < -0.39 is 0 Å². The fraction of sp³-hybridized carbons (Fsp3) is 0.333. The zero-order chi connectivity index (χ0) is 10.6. The molecule has 1 heterocycles. The Kier molecular flexibility index (Phi) is 3.86. The van der Waals surface area contributed by atoms with Gasteiger partial charge in [-0.25, -0.2) is 4.98 Å². The number of hydrogen-bond acceptors (Lipinski definition) is 4. The van der Waals surface area contributed by atoms with Gasteiger partial charge in [-0.3, -0.25) is 0 Å². The van der Waals surface area contributed by atoms with Crippen molar-refractivity contribution in [2.45, 2.75) is 13.0 Å². The number of aliphatic hydroxyl groups is 1. The third-order valence-electron chi connectivity index (χ3n) is 1.63. The lowest BCUT2D eigenvalue weighted by molar-refractivity contribution is 0.281. The summed E-state index contributed by atoms with van der Waals surface area (Å²) >= 11 is 3.23. The quantitative estimate of drug-likeness (QED) is 0.860. The van der Waals surface area contributed by atoms with Crippen molar-refractivity contribution in [1.29, 1.82) is 5.26 Å². The van der Waals surface area contributed by atoms with Gasteiger partial charge < -0.3 is 10.4 Å². The fourth-order valence-electron chi connectivity index (χ4n) is 0.919. The molecular formula is C9H10BrN3O. The first-order chi connectivity index (χ1) is 6.67. The number of hydrogen-bond donors (Lipinski definition) is 2. The lowest BCUT2D eigenvalue weighted by Gasteiger charge is -2.12. The molecule has 0 aliphatic carbocycles. The molecule has 1 rings (SSSR count). The minimum Gasteiger partial charge on any atom is -0.394 e. The largest absolute Gasteiger partial charge is 0.394 e. The minimum atomic E-state index is -0.115. The lowest BCUT2D eigenvalue weighted by Crippen LogP contribution is -2.20. The molecule has 0 saturated heterocycles. The molecule has 1 unspecified atom stereocenters. The Hall–Kier alpha value is -1.12. The van der Waals surface area contributed by atoms with Crippen LogP contribution in [0.2, 0.25) is 0 Å². The maximum Gasteiger partial charge on any atom is 0.144 e. The van der Waals surface area contributed by atoms with E-state index in [4.69, 9.17) is 10.4 Å². The maximum absolute atomic E-state index is 8.83. The number of rotatable bonds is 3. The molecule has 0 fully saturated rings. The molecule has 0 amide bonds. The van der Waals surface area contributed by atoms with Crippen molar-refractivity contribution in [3.05, 3.63) is 22.3 Å². The van der Waals surface area contributed by atoms with Gasteiger partial charge in [0.1, 0.15) is 11.9 Å². The number of halogens is 1. The summed E-state index contributed by atoms with van der Waals surface area (Å²) in [6, 6.07) is 3.59. The van der Waals surface area contributed by atoms with Crippen molar-refractivity contribution in [2.24, 2.45) is 0 Å². The predicted molar refractivity (Wildman–Crippen MR) is 56.8 cm³/mol. The van der Waals surface area contributed by atoms with Gasteiger partial charge in [0.15, 0.2) is 0 Å². The van der Waals surface area contributed by atoms with Gasteiger partial charge in [-0.05, 0) is 28.9 Å². The van der Waals surface area contributed by atoms with Gasteiger partial charge in [-0.2, -0.15) is 5.26 Å². The minimum absolute atomic E-state index is 0.00259. The van der Waals surface area contributed by atoms with Gasteiger partial charge in [0, 0.05) is 16.7 Å². The van der Waals surface area contributed by atoms with Crippen molar-refractivity contribution in [3.8, 4) is 6.07 Å². The average Bonchev–Trinajstić information content (AvgIpc) is 2.20. The van der Waals surface area contributed by atoms with Crippen LogP contribution in [0.4, 0.5) is 5.82 Å². The summed E-state index contributed by atoms with van der Waals surface area (Å²) < 4.78 is 0.760. The third kappa shape index (κ3) is 2.69. The van der Waals surface area contributed by atoms with Gasteiger partial charge >= 0.3 is 0 Å². The molecule has 0 spiro atoms. The smallest absolute Gasteiger partial charge is 0.144 e. The molecule has 4 nitrogen and oxygen atoms in total. The van der Waals surface area contributed by atoms with Crippen molar-refractivity contribution >= 4 is 21.7 Å². The van der Waals surface area contributed by atoms with Crippen LogP contribution in [0.5, 0.6) is 0 Å². The Morgan fingerprint density at radius 1 is 1.79 bits per heavy atom. The van der Waals surface area contributed by atoms with Gasteiger partial charge in [0.25, 0.3) is 0 Å². The third-order valence-corrected chi connectivity index (χ3v) is 2.07. The van der Waals surface area contributed by atoms with E-state index in [0.717, 1.165) is 4.47 Å². The Morgan fingerprint density at radius 2 is 2.50 bits per heavy atom. The first-order valence-corrected chi connectivity index (χ1v) is 4.89. The second kappa shape index (κ2) is 4.94. The van der Waals surface area contributed by atoms with Crippen LogP contribution < -0.4 is 5.32 Å². The highest BCUT2D eigenvalue weighted by Gasteiger charge is 2.06. The second-order valence-corrected chi connectivity index (χ2v) is 3.81. The summed E-state index contributed by atoms with van der Waals surface area (Å²) in [6.07, 6.45) is 1.60. The standard InChI is InChI=1S/C9H10BrN3O/c1-6(5-14)13-9-7(3-11)2-8(10)4-12-9/h2,4,6,14H,5H2,1H3,(H,12,13). The van der Waals surface area contributed by atoms with Crippen LogP contribution in [-0.4, -0.2) is 22.7 Å². The highest BCUT2D eigenvalue weighted by atomic mass is 79.9. The van der Waals surface area contributed by atoms with Gasteiger partial charge in [-0.15, -0.1) is 0 Å². The molecule has 0 aromatic carbocycles. The van der Waals surface area contributed by atoms with Gasteiger partial charge in [0.2, 0.25) is 0 Å². The van der Waals surface area contributed by atoms with Gasteiger partial charge in [0.05, 0.1) is 12.2 Å². The Bertz CT molecular complexity index is 362. The number of aliphatic hydroxyl groups excluding tert-OH is 1. The molecular weight excluding hydrogens is 246 g/mol. The van der Waals surface area contributed by atoms with E-state index in [-0.39, 0.29) is 12.6 Å². The van der Waals surface area contributed by atoms with Crippen LogP contribution in [0.25, 0.3) is 0 Å². The molecule has 0 bridgehead atoms. The van der Waals surface area contributed by atoms with E-state index in [1.54, 1.807) is 12.3 Å². The first-order valence-electron chi connectivity index (χ1n) is 4.10. The predicted octanol–water partition coefficient (Wildman–Crippen LogP) is 1.51. The second-order valence-electron chi connectivity index (χ2n) is 2.89. The topological polar surface area (TPSA) is 68.9 Å². The molecule has 1 aromatic rings. The van der Waals surface area contributed by atoms with E-state index in [1.807, 2.05) is 13.0 Å². The SMILES string of the molecule is CC(CO)Nc1ncc(Br)cc1C#N. The number of pyridine rings is 1. The van der Waals surface area contributed by atoms with E-state index in [1.165, 1.54) is 0 Å². The summed E-state index contributed by atoms with van der Waals surface area (Å²) in [4.78, 5) is 4.05. The zero-order valence-electron chi connectivity index (χ0n) is 7.66. The molecule has 1 atom stereocenters. The highest BCUT2D eigenvalue weighted by molar-refractivity contribution is 9.10. The highest BCUT2D eigenvalue weighted by Crippen LogP contribution is 2.17. The molecule has 1 aromatic heterocycles. The summed E-state index contributed by atoms with van der Waals surface area (Å²) in [5.74, 6) is 0.497. The fourth-order valence-corrected chi connectivity index (χ4v) is 1.25. The monoisotopic (exact) mass is 255 g/mol. The summed E-state index contributed by atoms with van der Waals surface area (Å²) in [6.45, 7) is 1.81. The van der Waals surface area contributed by atoms with Crippen LogP contribution in [0, 0.1) is 11.3 Å². The lowest BCUT2D eigenvalue weighted by atomic mass is 10.2. The van der Waals surface area contributed by atoms with E-state index in [2.05, 4.69) is 26.2 Å². The Morgan fingerprint density at radius 3 is 3.07 bits per heavy atom. The van der Waals surface area contributed by atoms with E-state index in [9.17, 15) is 0 Å². The average molecular weight is 256 g/mol. The van der Waals surface area contributed by atoms with Crippen LogP contribution in [0.1, 0.15) is 12.5 Å². The number of nitrogens with one attached hydrogen (secondary N) is 1. The number of aromatic nitrogens is 1. The van der Waals surface area contributed by atoms with Crippen molar-refractivity contribution in [2.75, 3.05) is 11.9 Å². The van der Waals surface area contributed by atoms with Gasteiger partial charge in [-0.1, -0.05) is 0 Å². The van der Waals surface area contributed by atoms with Crippen molar-refractivity contribution < 1.29 is 5.11 Å². The molecule has 0 aliphatic heterocycles. The Balaban J connectivity index is 2.92. The molecule has 0 radical (unpaired) electrons. The van der Waals surface area contributed by atoms with Crippen LogP contribution >= 0.6 is 15.9 Å². The zero-order valence-corrected chi connectivity index (χ0v) is 9.24. The Labute approximate surface area is 90.7 Å². The van der Waals surface area contributed by atoms with Crippen LogP contribution in [0.3, 0.4) is 0 Å². The van der Waals surface area contributed by atoms with Crippen LogP contribution in [0.15, 0.2) is 16.7 Å². The number of nitriles is 1. The summed E-state index contributed by atoms with van der Waals surface area (Å²) in [7, 11) is 0. The maximum atomic E-state index is 8.83. The van der Waals surface area contributed by atoms with Crippen molar-refractivity contribution in [1.82, 2.24) is 4.98 Å². The molecule has 14 heavy (non-hydrogen) atoms. The molecule has 74 valence electrons. The molecule has 0 saturated carbocycles. The summed E-state index contributed by atoms with van der Waals surface area (Å²) in [5, 5.41) is 20.6. The van der Waals surface area contributed by atoms with Crippen LogP contribution in [-0.2, 0) is 0 Å². The first kappa shape index (κ1) is 11.0.